The van der Waals surface area contributed by atoms with E-state index in [1.165, 1.54) is 6.92 Å². The zero-order chi connectivity index (χ0) is 18.2. The highest BCUT2D eigenvalue weighted by molar-refractivity contribution is 5.94. The third-order valence-electron chi connectivity index (χ3n) is 4.41. The van der Waals surface area contributed by atoms with E-state index in [4.69, 9.17) is 0 Å². The quantitative estimate of drug-likeness (QED) is 0.832. The number of piperidine rings is 1. The topological polar surface area (TPSA) is 78.5 Å². The number of nitrogens with one attached hydrogen (secondary N) is 2. The molecular formula is C19H27N3O3. The Kier molecular flexibility index (Phi) is 6.98. The van der Waals surface area contributed by atoms with Gasteiger partial charge in [0, 0.05) is 43.7 Å². The number of unbranched alkanes of at least 4 members (excludes halogenated alkanes) is 1. The maximum absolute atomic E-state index is 12.4. The summed E-state index contributed by atoms with van der Waals surface area (Å²) in [5.74, 6) is -0.0624. The molecule has 1 heterocycles. The number of amides is 3. The second-order valence-corrected chi connectivity index (χ2v) is 6.51. The van der Waals surface area contributed by atoms with Crippen LogP contribution in [0.15, 0.2) is 24.3 Å². The second kappa shape index (κ2) is 9.20. The predicted molar refractivity (Wildman–Crippen MR) is 98.2 cm³/mol. The summed E-state index contributed by atoms with van der Waals surface area (Å²) in [5.41, 5.74) is 1.32. The molecule has 1 aromatic rings. The molecule has 0 aliphatic carbocycles. The number of hydrogen-bond donors (Lipinski definition) is 2. The number of hydrogen-bond acceptors (Lipinski definition) is 3. The van der Waals surface area contributed by atoms with Gasteiger partial charge in [0.25, 0.3) is 0 Å². The Morgan fingerprint density at radius 1 is 1.12 bits per heavy atom. The number of carbonyl (C=O) groups is 3. The summed E-state index contributed by atoms with van der Waals surface area (Å²) in [6.07, 6.45) is 3.92. The van der Waals surface area contributed by atoms with Gasteiger partial charge in [-0.05, 0) is 37.5 Å². The lowest BCUT2D eigenvalue weighted by molar-refractivity contribution is -0.134. The second-order valence-electron chi connectivity index (χ2n) is 6.51. The summed E-state index contributed by atoms with van der Waals surface area (Å²) in [6.45, 7) is 4.81. The minimum Gasteiger partial charge on any atom is -0.343 e. The average molecular weight is 345 g/mol. The first-order valence-electron chi connectivity index (χ1n) is 8.96. The van der Waals surface area contributed by atoms with Crippen LogP contribution in [0.3, 0.4) is 0 Å². The lowest BCUT2D eigenvalue weighted by Crippen LogP contribution is -2.41. The first kappa shape index (κ1) is 19.0. The van der Waals surface area contributed by atoms with Crippen molar-refractivity contribution >= 4 is 29.1 Å². The van der Waals surface area contributed by atoms with Gasteiger partial charge in [-0.15, -0.1) is 0 Å². The lowest BCUT2D eigenvalue weighted by Gasteiger charge is -2.31. The molecule has 0 bridgehead atoms. The van der Waals surface area contributed by atoms with E-state index in [0.717, 1.165) is 12.8 Å². The van der Waals surface area contributed by atoms with Crippen LogP contribution in [-0.2, 0) is 14.4 Å². The molecule has 6 heteroatoms. The van der Waals surface area contributed by atoms with Crippen molar-refractivity contribution in [3.8, 4) is 0 Å². The molecule has 1 aliphatic heterocycles. The summed E-state index contributed by atoms with van der Waals surface area (Å²) in [7, 11) is 0. The Morgan fingerprint density at radius 2 is 1.76 bits per heavy atom. The summed E-state index contributed by atoms with van der Waals surface area (Å²) in [6, 6.07) is 7.10. The lowest BCUT2D eigenvalue weighted by atomic mass is 9.95. The van der Waals surface area contributed by atoms with E-state index >= 15 is 0 Å². The van der Waals surface area contributed by atoms with Crippen LogP contribution in [-0.4, -0.2) is 35.7 Å². The van der Waals surface area contributed by atoms with Gasteiger partial charge in [-0.3, -0.25) is 14.4 Å². The van der Waals surface area contributed by atoms with Crippen LogP contribution in [0.1, 0.15) is 46.0 Å². The number of nitrogens with zero attached hydrogens (tertiary/aromatic N) is 1. The summed E-state index contributed by atoms with van der Waals surface area (Å²) in [4.78, 5) is 37.5. The van der Waals surface area contributed by atoms with Gasteiger partial charge in [0.05, 0.1) is 0 Å². The third-order valence-corrected chi connectivity index (χ3v) is 4.41. The fraction of sp³-hybridized carbons (Fsp3) is 0.526. The molecule has 6 nitrogen and oxygen atoms in total. The van der Waals surface area contributed by atoms with E-state index in [1.54, 1.807) is 24.3 Å². The molecule has 0 aromatic heterocycles. The predicted octanol–water partition coefficient (Wildman–Crippen LogP) is 3.01. The van der Waals surface area contributed by atoms with Crippen LogP contribution in [0.25, 0.3) is 0 Å². The molecular weight excluding hydrogens is 318 g/mol. The Hall–Kier alpha value is -2.37. The zero-order valence-corrected chi connectivity index (χ0v) is 15.0. The van der Waals surface area contributed by atoms with Crippen LogP contribution in [0, 0.1) is 5.92 Å². The molecule has 0 spiro atoms. The minimum absolute atomic E-state index is 0.0272. The fourth-order valence-corrected chi connectivity index (χ4v) is 3.00. The van der Waals surface area contributed by atoms with Gasteiger partial charge < -0.3 is 15.5 Å². The molecule has 1 fully saturated rings. The number of likely N-dealkylation sites (tertiary alicyclic amines) is 1. The highest BCUT2D eigenvalue weighted by Crippen LogP contribution is 2.21. The summed E-state index contributed by atoms with van der Waals surface area (Å²) in [5, 5.41) is 5.61. The molecule has 2 N–H and O–H groups in total. The molecule has 0 atom stereocenters. The normalized spacial score (nSPS) is 14.9. The van der Waals surface area contributed by atoms with Crippen molar-refractivity contribution in [2.45, 2.75) is 46.0 Å². The molecule has 2 rings (SSSR count). The van der Waals surface area contributed by atoms with Crippen LogP contribution in [0.2, 0.25) is 0 Å². The average Bonchev–Trinajstić information content (AvgIpc) is 2.59. The standard InChI is InChI=1S/C19H27N3O3/c1-3-4-8-18(24)22-11-9-15(10-12-22)19(25)21-17-7-5-6-16(13-17)20-14(2)23/h5-7,13,15H,3-4,8-12H2,1-2H3,(H,20,23)(H,21,25). The Bertz CT molecular complexity index is 622. The van der Waals surface area contributed by atoms with Crippen LogP contribution >= 0.6 is 0 Å². The first-order valence-corrected chi connectivity index (χ1v) is 8.96. The first-order chi connectivity index (χ1) is 12.0. The van der Waals surface area contributed by atoms with Gasteiger partial charge >= 0.3 is 0 Å². The van der Waals surface area contributed by atoms with Gasteiger partial charge in [-0.25, -0.2) is 0 Å². The molecule has 1 saturated heterocycles. The number of rotatable bonds is 6. The van der Waals surface area contributed by atoms with Gasteiger partial charge in [-0.2, -0.15) is 0 Å². The van der Waals surface area contributed by atoms with Crippen LogP contribution < -0.4 is 10.6 Å². The van der Waals surface area contributed by atoms with E-state index in [-0.39, 0.29) is 23.6 Å². The van der Waals surface area contributed by atoms with Gasteiger partial charge in [0.1, 0.15) is 0 Å². The van der Waals surface area contributed by atoms with Crippen molar-refractivity contribution in [1.29, 1.82) is 0 Å². The van der Waals surface area contributed by atoms with Crippen molar-refractivity contribution in [2.75, 3.05) is 23.7 Å². The Balaban J connectivity index is 1.84. The van der Waals surface area contributed by atoms with Crippen molar-refractivity contribution in [1.82, 2.24) is 4.90 Å². The van der Waals surface area contributed by atoms with Crippen LogP contribution in [0.5, 0.6) is 0 Å². The molecule has 3 amide bonds. The van der Waals surface area contributed by atoms with Gasteiger partial charge in [0.2, 0.25) is 17.7 Å². The monoisotopic (exact) mass is 345 g/mol. The van der Waals surface area contributed by atoms with E-state index in [1.807, 2.05) is 4.90 Å². The van der Waals surface area contributed by atoms with Crippen molar-refractivity contribution in [2.24, 2.45) is 5.92 Å². The van der Waals surface area contributed by atoms with Gasteiger partial charge in [0.15, 0.2) is 0 Å². The van der Waals surface area contributed by atoms with E-state index in [2.05, 4.69) is 17.6 Å². The smallest absolute Gasteiger partial charge is 0.227 e. The van der Waals surface area contributed by atoms with Crippen molar-refractivity contribution in [3.05, 3.63) is 24.3 Å². The Morgan fingerprint density at radius 3 is 2.36 bits per heavy atom. The summed E-state index contributed by atoms with van der Waals surface area (Å²) < 4.78 is 0. The van der Waals surface area contributed by atoms with E-state index < -0.39 is 0 Å². The molecule has 0 radical (unpaired) electrons. The van der Waals surface area contributed by atoms with Crippen molar-refractivity contribution in [3.63, 3.8) is 0 Å². The molecule has 25 heavy (non-hydrogen) atoms. The Labute approximate surface area is 149 Å². The zero-order valence-electron chi connectivity index (χ0n) is 15.0. The number of anilines is 2. The number of benzene rings is 1. The highest BCUT2D eigenvalue weighted by atomic mass is 16.2. The van der Waals surface area contributed by atoms with Crippen LogP contribution in [0.4, 0.5) is 11.4 Å². The largest absolute Gasteiger partial charge is 0.343 e. The molecule has 1 aromatic carbocycles. The highest BCUT2D eigenvalue weighted by Gasteiger charge is 2.27. The SMILES string of the molecule is CCCCC(=O)N1CCC(C(=O)Nc2cccc(NC(C)=O)c2)CC1. The molecule has 136 valence electrons. The molecule has 0 unspecified atom stereocenters. The van der Waals surface area contributed by atoms with Gasteiger partial charge in [-0.1, -0.05) is 19.4 Å². The maximum atomic E-state index is 12.4. The summed E-state index contributed by atoms with van der Waals surface area (Å²) >= 11 is 0. The third kappa shape index (κ3) is 5.89. The molecule has 0 saturated carbocycles. The maximum Gasteiger partial charge on any atom is 0.227 e. The minimum atomic E-state index is -0.149. The van der Waals surface area contributed by atoms with E-state index in [9.17, 15) is 14.4 Å². The van der Waals surface area contributed by atoms with Crippen molar-refractivity contribution < 1.29 is 14.4 Å². The molecule has 1 aliphatic rings. The fourth-order valence-electron chi connectivity index (χ4n) is 3.00. The van der Waals surface area contributed by atoms with E-state index in [0.29, 0.717) is 43.7 Å². The number of carbonyl (C=O) groups excluding carboxylic acids is 3.